The number of amides is 4. The van der Waals surface area contributed by atoms with Crippen LogP contribution in [0.1, 0.15) is 18.4 Å². The van der Waals surface area contributed by atoms with Crippen LogP contribution in [0.15, 0.2) is 30.3 Å². The first-order valence-corrected chi connectivity index (χ1v) is 9.92. The number of hydrogen-bond acceptors (Lipinski definition) is 6. The number of carbonyl (C=O) groups excluding carboxylic acids is 3. The van der Waals surface area contributed by atoms with Gasteiger partial charge in [-0.2, -0.15) is 13.5 Å². The maximum atomic E-state index is 12.7. The van der Waals surface area contributed by atoms with Crippen molar-refractivity contribution >= 4 is 28.2 Å². The monoisotopic (exact) mass is 412 g/mol. The van der Waals surface area contributed by atoms with Crippen molar-refractivity contribution in [2.75, 3.05) is 6.54 Å². The number of primary amides is 1. The zero-order valence-corrected chi connectivity index (χ0v) is 15.5. The minimum atomic E-state index is -4.86. The number of benzene rings is 1. The summed E-state index contributed by atoms with van der Waals surface area (Å²) in [5.41, 5.74) is 6.21. The maximum absolute atomic E-state index is 12.7. The van der Waals surface area contributed by atoms with Crippen LogP contribution in [0.4, 0.5) is 4.79 Å². The van der Waals surface area contributed by atoms with Gasteiger partial charge in [-0.15, -0.1) is 4.28 Å². The molecule has 3 rings (SSSR count). The number of urea groups is 1. The quantitative estimate of drug-likeness (QED) is 0.494. The fourth-order valence-corrected chi connectivity index (χ4v) is 3.83. The Hall–Kier alpha value is -2.70. The molecule has 11 nitrogen and oxygen atoms in total. The summed E-state index contributed by atoms with van der Waals surface area (Å²) in [5, 5.41) is 3.12. The average molecular weight is 412 g/mol. The van der Waals surface area contributed by atoms with E-state index in [1.165, 1.54) is 0 Å². The van der Waals surface area contributed by atoms with Crippen LogP contribution in [-0.2, 0) is 30.7 Å². The van der Waals surface area contributed by atoms with E-state index in [1.807, 2.05) is 6.07 Å². The van der Waals surface area contributed by atoms with Gasteiger partial charge in [0.05, 0.1) is 6.04 Å². The first kappa shape index (κ1) is 20.0. The third-order valence-electron chi connectivity index (χ3n) is 4.74. The van der Waals surface area contributed by atoms with E-state index < -0.39 is 46.4 Å². The summed E-state index contributed by atoms with van der Waals surface area (Å²) >= 11 is 0. The second kappa shape index (κ2) is 7.73. The molecule has 152 valence electrons. The first-order chi connectivity index (χ1) is 13.2. The van der Waals surface area contributed by atoms with E-state index in [9.17, 15) is 22.8 Å². The number of nitrogens with two attached hydrogens (primary N) is 1. The molecule has 0 aliphatic carbocycles. The van der Waals surface area contributed by atoms with E-state index in [4.69, 9.17) is 10.3 Å². The van der Waals surface area contributed by atoms with Gasteiger partial charge >= 0.3 is 16.4 Å². The maximum Gasteiger partial charge on any atom is 0.418 e. The molecule has 0 saturated carbocycles. The highest BCUT2D eigenvalue weighted by molar-refractivity contribution is 7.80. The Kier molecular flexibility index (Phi) is 5.54. The average Bonchev–Trinajstić information content (AvgIpc) is 2.85. The number of hydroxylamine groups is 2. The van der Waals surface area contributed by atoms with Crippen LogP contribution in [0.25, 0.3) is 0 Å². The minimum absolute atomic E-state index is 0.0619. The van der Waals surface area contributed by atoms with Crippen LogP contribution >= 0.6 is 0 Å². The highest BCUT2D eigenvalue weighted by Gasteiger charge is 2.49. The van der Waals surface area contributed by atoms with Crippen molar-refractivity contribution in [2.24, 2.45) is 5.73 Å². The topological polar surface area (TPSA) is 159 Å². The number of carbonyl (C=O) groups is 3. The minimum Gasteiger partial charge on any atom is -0.368 e. The Morgan fingerprint density at radius 2 is 1.96 bits per heavy atom. The Bertz CT molecular complexity index is 876. The van der Waals surface area contributed by atoms with Crippen LogP contribution in [0.2, 0.25) is 0 Å². The van der Waals surface area contributed by atoms with Gasteiger partial charge in [-0.05, 0) is 18.4 Å². The number of rotatable bonds is 7. The first-order valence-electron chi connectivity index (χ1n) is 8.56. The van der Waals surface area contributed by atoms with Crippen LogP contribution < -0.4 is 11.1 Å². The molecule has 2 saturated heterocycles. The van der Waals surface area contributed by atoms with Crippen molar-refractivity contribution in [1.82, 2.24) is 15.3 Å². The molecule has 2 heterocycles. The summed E-state index contributed by atoms with van der Waals surface area (Å²) in [6, 6.07) is 5.68. The standard InChI is InChI=1S/C16H20N4O7S/c17-14(21)12(8-10-4-2-1-3-5-10)18-15(22)13-7-6-11-9-19(13)16(23)20(11)27-28(24,25)26/h1-5,11-13H,6-9H2,(H2,17,21)(H,18,22)(H,24,25,26)/t11-,12?,13+/m0/s1. The fraction of sp³-hybridized carbons (Fsp3) is 0.438. The summed E-state index contributed by atoms with van der Waals surface area (Å²) in [6.45, 7) is 0.0619. The van der Waals surface area contributed by atoms with Crippen LogP contribution in [0.5, 0.6) is 0 Å². The van der Waals surface area contributed by atoms with Gasteiger partial charge in [0.15, 0.2) is 0 Å². The van der Waals surface area contributed by atoms with Crippen molar-refractivity contribution in [3.8, 4) is 0 Å². The predicted octanol–water partition coefficient (Wildman–Crippen LogP) is -0.798. The zero-order valence-electron chi connectivity index (χ0n) is 14.7. The van der Waals surface area contributed by atoms with E-state index in [0.717, 1.165) is 10.5 Å². The van der Waals surface area contributed by atoms with Crippen molar-refractivity contribution in [3.63, 3.8) is 0 Å². The molecule has 2 bridgehead atoms. The lowest BCUT2D eigenvalue weighted by Gasteiger charge is -2.30. The normalized spacial score (nSPS) is 22.8. The molecule has 1 aromatic rings. The molecular weight excluding hydrogens is 392 g/mol. The highest BCUT2D eigenvalue weighted by Crippen LogP contribution is 2.30. The summed E-state index contributed by atoms with van der Waals surface area (Å²) in [5.74, 6) is -1.28. The number of fused-ring (bicyclic) bond motifs is 2. The SMILES string of the molecule is NC(=O)C(Cc1ccccc1)NC(=O)[C@H]1CC[C@H]2CN1C(=O)N2OS(=O)(=O)O. The van der Waals surface area contributed by atoms with Crippen molar-refractivity contribution < 1.29 is 31.6 Å². The molecule has 0 aromatic heterocycles. The largest absolute Gasteiger partial charge is 0.418 e. The van der Waals surface area contributed by atoms with Crippen molar-refractivity contribution in [3.05, 3.63) is 35.9 Å². The molecule has 0 spiro atoms. The van der Waals surface area contributed by atoms with E-state index in [-0.39, 0.29) is 25.8 Å². The smallest absolute Gasteiger partial charge is 0.368 e. The van der Waals surface area contributed by atoms with E-state index in [2.05, 4.69) is 9.60 Å². The van der Waals surface area contributed by atoms with E-state index >= 15 is 0 Å². The van der Waals surface area contributed by atoms with E-state index in [1.54, 1.807) is 24.3 Å². The third kappa shape index (κ3) is 4.40. The number of hydrogen-bond donors (Lipinski definition) is 3. The molecule has 2 aliphatic heterocycles. The molecule has 4 amide bonds. The van der Waals surface area contributed by atoms with Crippen LogP contribution in [0, 0.1) is 0 Å². The molecule has 1 aromatic carbocycles. The van der Waals surface area contributed by atoms with Gasteiger partial charge in [-0.25, -0.2) is 4.79 Å². The highest BCUT2D eigenvalue weighted by atomic mass is 32.3. The van der Waals surface area contributed by atoms with Gasteiger partial charge in [0.25, 0.3) is 0 Å². The molecule has 12 heteroatoms. The molecule has 2 aliphatic rings. The molecule has 0 radical (unpaired) electrons. The number of nitrogens with zero attached hydrogens (tertiary/aromatic N) is 2. The molecule has 1 unspecified atom stereocenters. The molecule has 2 fully saturated rings. The molecule has 3 atom stereocenters. The Labute approximate surface area is 161 Å². The van der Waals surface area contributed by atoms with Gasteiger partial charge in [0, 0.05) is 13.0 Å². The summed E-state index contributed by atoms with van der Waals surface area (Å²) < 4.78 is 35.0. The third-order valence-corrected chi connectivity index (χ3v) is 5.09. The fourth-order valence-electron chi connectivity index (χ4n) is 3.44. The number of piperidine rings is 1. The Morgan fingerprint density at radius 3 is 2.57 bits per heavy atom. The number of nitrogens with one attached hydrogen (secondary N) is 1. The molecule has 28 heavy (non-hydrogen) atoms. The van der Waals surface area contributed by atoms with Crippen molar-refractivity contribution in [2.45, 2.75) is 37.4 Å². The lowest BCUT2D eigenvalue weighted by molar-refractivity contribution is -0.130. The zero-order chi connectivity index (χ0) is 20.5. The lowest BCUT2D eigenvalue weighted by Crippen LogP contribution is -2.55. The Morgan fingerprint density at radius 1 is 1.29 bits per heavy atom. The van der Waals surface area contributed by atoms with Gasteiger partial charge in [-0.3, -0.25) is 14.1 Å². The molecular formula is C16H20N4O7S. The summed E-state index contributed by atoms with van der Waals surface area (Å²) in [7, 11) is -4.86. The van der Waals surface area contributed by atoms with Crippen molar-refractivity contribution in [1.29, 1.82) is 0 Å². The van der Waals surface area contributed by atoms with Crippen LogP contribution in [-0.4, -0.2) is 65.4 Å². The Balaban J connectivity index is 1.69. The lowest BCUT2D eigenvalue weighted by atomic mass is 9.99. The second-order valence-corrected chi connectivity index (χ2v) is 7.67. The predicted molar refractivity (Wildman–Crippen MR) is 94.7 cm³/mol. The van der Waals surface area contributed by atoms with Gasteiger partial charge in [-0.1, -0.05) is 30.3 Å². The van der Waals surface area contributed by atoms with Gasteiger partial charge in [0.1, 0.15) is 12.1 Å². The van der Waals surface area contributed by atoms with Gasteiger partial charge < -0.3 is 16.0 Å². The van der Waals surface area contributed by atoms with Crippen LogP contribution in [0.3, 0.4) is 0 Å². The second-order valence-electron chi connectivity index (χ2n) is 6.66. The van der Waals surface area contributed by atoms with E-state index in [0.29, 0.717) is 5.06 Å². The summed E-state index contributed by atoms with van der Waals surface area (Å²) in [6.07, 6.45) is 0.726. The molecule has 4 N–H and O–H groups in total. The van der Waals surface area contributed by atoms with Gasteiger partial charge in [0.2, 0.25) is 11.8 Å². The summed E-state index contributed by atoms with van der Waals surface area (Å²) in [4.78, 5) is 38.0.